The summed E-state index contributed by atoms with van der Waals surface area (Å²) in [5.74, 6) is 1.45. The van der Waals surface area contributed by atoms with Crippen molar-refractivity contribution in [2.75, 3.05) is 53.1 Å². The lowest BCUT2D eigenvalue weighted by molar-refractivity contribution is 0.0321. The first kappa shape index (κ1) is 24.8. The average molecular weight is 475 g/mol. The maximum atomic E-state index is 12.3. The first-order valence-electron chi connectivity index (χ1n) is 12.2. The average Bonchev–Trinajstić information content (AvgIpc) is 2.90. The van der Waals surface area contributed by atoms with E-state index in [0.29, 0.717) is 18.7 Å². The molecular formula is C29H34N2O4. The van der Waals surface area contributed by atoms with Gasteiger partial charge in [0.1, 0.15) is 6.61 Å². The van der Waals surface area contributed by atoms with Crippen LogP contribution in [0.3, 0.4) is 0 Å². The molecule has 1 amide bonds. The Morgan fingerprint density at radius 3 is 2.49 bits per heavy atom. The van der Waals surface area contributed by atoms with Gasteiger partial charge < -0.3 is 19.5 Å². The number of aryl methyl sites for hydroxylation is 1. The number of nitrogens with zero attached hydrogens (tertiary/aromatic N) is 1. The van der Waals surface area contributed by atoms with Crippen LogP contribution in [0.4, 0.5) is 0 Å². The van der Waals surface area contributed by atoms with Crippen molar-refractivity contribution in [2.45, 2.75) is 13.3 Å². The number of morpholine rings is 1. The summed E-state index contributed by atoms with van der Waals surface area (Å²) < 4.78 is 17.0. The summed E-state index contributed by atoms with van der Waals surface area (Å²) >= 11 is 0. The highest BCUT2D eigenvalue weighted by Crippen LogP contribution is 2.32. The molecule has 35 heavy (non-hydrogen) atoms. The number of amides is 1. The van der Waals surface area contributed by atoms with Crippen molar-refractivity contribution in [2.24, 2.45) is 0 Å². The minimum absolute atomic E-state index is 0.0373. The van der Waals surface area contributed by atoms with Gasteiger partial charge >= 0.3 is 0 Å². The lowest BCUT2D eigenvalue weighted by Crippen LogP contribution is -2.38. The van der Waals surface area contributed by atoms with Crippen molar-refractivity contribution in [3.05, 3.63) is 83.4 Å². The van der Waals surface area contributed by atoms with E-state index in [1.807, 2.05) is 43.3 Å². The molecule has 0 spiro atoms. The third kappa shape index (κ3) is 7.07. The molecule has 0 unspecified atom stereocenters. The zero-order chi connectivity index (χ0) is 24.5. The molecule has 1 aliphatic heterocycles. The molecule has 184 valence electrons. The smallest absolute Gasteiger partial charge is 0.251 e. The second kappa shape index (κ2) is 12.4. The van der Waals surface area contributed by atoms with E-state index in [1.165, 1.54) is 5.56 Å². The molecule has 4 rings (SSSR count). The second-order valence-corrected chi connectivity index (χ2v) is 8.74. The maximum Gasteiger partial charge on any atom is 0.251 e. The monoisotopic (exact) mass is 474 g/mol. The number of methoxy groups -OCH3 is 1. The molecule has 0 saturated carbocycles. The molecule has 0 bridgehead atoms. The Kier molecular flexibility index (Phi) is 8.76. The highest BCUT2D eigenvalue weighted by molar-refractivity contribution is 5.94. The minimum atomic E-state index is -0.0373. The van der Waals surface area contributed by atoms with Crippen molar-refractivity contribution in [1.29, 1.82) is 0 Å². The summed E-state index contributed by atoms with van der Waals surface area (Å²) in [4.78, 5) is 14.7. The number of benzene rings is 3. The standard InChI is InChI=1S/C29H34N2O4/c1-22-4-3-5-26(20-22)29(32)30-13-12-23-6-8-24(9-7-23)25-10-11-27(28(21-25)33-2)35-19-16-31-14-17-34-18-15-31/h3-11,20-21H,12-19H2,1-2H3,(H,30,32). The fourth-order valence-electron chi connectivity index (χ4n) is 4.15. The first-order chi connectivity index (χ1) is 17.1. The van der Waals surface area contributed by atoms with Crippen LogP contribution >= 0.6 is 0 Å². The molecule has 3 aromatic rings. The highest BCUT2D eigenvalue weighted by Gasteiger charge is 2.12. The topological polar surface area (TPSA) is 60.0 Å². The van der Waals surface area contributed by atoms with E-state index in [4.69, 9.17) is 14.2 Å². The SMILES string of the molecule is COc1cc(-c2ccc(CCNC(=O)c3cccc(C)c3)cc2)ccc1OCCN1CCOCC1. The Morgan fingerprint density at radius 2 is 1.74 bits per heavy atom. The fourth-order valence-corrected chi connectivity index (χ4v) is 4.15. The van der Waals surface area contributed by atoms with Crippen LogP contribution in [0.1, 0.15) is 21.5 Å². The largest absolute Gasteiger partial charge is 0.493 e. The van der Waals surface area contributed by atoms with Gasteiger partial charge in [-0.25, -0.2) is 0 Å². The number of carbonyl (C=O) groups is 1. The van der Waals surface area contributed by atoms with Gasteiger partial charge in [0.2, 0.25) is 0 Å². The van der Waals surface area contributed by atoms with Crippen LogP contribution < -0.4 is 14.8 Å². The van der Waals surface area contributed by atoms with E-state index in [9.17, 15) is 4.79 Å². The molecule has 0 radical (unpaired) electrons. The van der Waals surface area contributed by atoms with E-state index in [0.717, 1.165) is 67.5 Å². The summed E-state index contributed by atoms with van der Waals surface area (Å²) in [5.41, 5.74) is 5.13. The molecule has 6 nitrogen and oxygen atoms in total. The molecule has 1 N–H and O–H groups in total. The molecule has 1 aliphatic rings. The minimum Gasteiger partial charge on any atom is -0.493 e. The molecule has 0 aromatic heterocycles. The summed E-state index contributed by atoms with van der Waals surface area (Å²) in [7, 11) is 1.67. The van der Waals surface area contributed by atoms with Gasteiger partial charge in [-0.1, -0.05) is 48.0 Å². The number of ether oxygens (including phenoxy) is 3. The number of carbonyl (C=O) groups excluding carboxylic acids is 1. The van der Waals surface area contributed by atoms with Gasteiger partial charge in [-0.3, -0.25) is 9.69 Å². The quantitative estimate of drug-likeness (QED) is 0.473. The first-order valence-corrected chi connectivity index (χ1v) is 12.2. The van der Waals surface area contributed by atoms with Gasteiger partial charge in [-0.15, -0.1) is 0 Å². The Labute approximate surface area is 207 Å². The Balaban J connectivity index is 1.29. The predicted molar refractivity (Wildman–Crippen MR) is 138 cm³/mol. The van der Waals surface area contributed by atoms with Gasteiger partial charge in [0, 0.05) is 31.7 Å². The Hall–Kier alpha value is -3.35. The number of hydrogen-bond acceptors (Lipinski definition) is 5. The van der Waals surface area contributed by atoms with Gasteiger partial charge in [0.25, 0.3) is 5.91 Å². The molecule has 1 fully saturated rings. The third-order valence-corrected chi connectivity index (χ3v) is 6.20. The molecular weight excluding hydrogens is 440 g/mol. The van der Waals surface area contributed by atoms with Crippen molar-refractivity contribution in [1.82, 2.24) is 10.2 Å². The second-order valence-electron chi connectivity index (χ2n) is 8.74. The van der Waals surface area contributed by atoms with Crippen molar-refractivity contribution in [3.63, 3.8) is 0 Å². The molecule has 0 aliphatic carbocycles. The number of nitrogens with one attached hydrogen (secondary N) is 1. The summed E-state index contributed by atoms with van der Waals surface area (Å²) in [6.45, 7) is 7.56. The Morgan fingerprint density at radius 1 is 0.971 bits per heavy atom. The fraction of sp³-hybridized carbons (Fsp3) is 0.345. The number of hydrogen-bond donors (Lipinski definition) is 1. The van der Waals surface area contributed by atoms with Crippen LogP contribution in [0, 0.1) is 6.92 Å². The van der Waals surface area contributed by atoms with Gasteiger partial charge in [0.15, 0.2) is 11.5 Å². The molecule has 3 aromatic carbocycles. The van der Waals surface area contributed by atoms with Crippen LogP contribution in [0.5, 0.6) is 11.5 Å². The van der Waals surface area contributed by atoms with Gasteiger partial charge in [0.05, 0.1) is 20.3 Å². The van der Waals surface area contributed by atoms with E-state index in [-0.39, 0.29) is 5.91 Å². The third-order valence-electron chi connectivity index (χ3n) is 6.20. The van der Waals surface area contributed by atoms with Crippen molar-refractivity contribution < 1.29 is 19.0 Å². The summed E-state index contributed by atoms with van der Waals surface area (Å²) in [6, 6.07) is 22.1. The Bertz CT molecular complexity index is 1110. The van der Waals surface area contributed by atoms with Crippen LogP contribution in [0.2, 0.25) is 0 Å². The van der Waals surface area contributed by atoms with Gasteiger partial charge in [-0.2, -0.15) is 0 Å². The van der Waals surface area contributed by atoms with Crippen molar-refractivity contribution >= 4 is 5.91 Å². The summed E-state index contributed by atoms with van der Waals surface area (Å²) in [5, 5.41) is 3.00. The zero-order valence-electron chi connectivity index (χ0n) is 20.6. The molecule has 1 saturated heterocycles. The summed E-state index contributed by atoms with van der Waals surface area (Å²) in [6.07, 6.45) is 0.775. The van der Waals surface area contributed by atoms with E-state index in [1.54, 1.807) is 7.11 Å². The normalized spacial score (nSPS) is 13.9. The van der Waals surface area contributed by atoms with Crippen molar-refractivity contribution in [3.8, 4) is 22.6 Å². The predicted octanol–water partition coefficient (Wildman–Crippen LogP) is 4.35. The van der Waals surface area contributed by atoms with E-state index < -0.39 is 0 Å². The lowest BCUT2D eigenvalue weighted by Gasteiger charge is -2.26. The number of rotatable bonds is 10. The highest BCUT2D eigenvalue weighted by atomic mass is 16.5. The molecule has 0 atom stereocenters. The van der Waals surface area contributed by atoms with Gasteiger partial charge in [-0.05, 0) is 54.3 Å². The van der Waals surface area contributed by atoms with Crippen LogP contribution in [-0.4, -0.2) is 63.9 Å². The maximum absolute atomic E-state index is 12.3. The molecule has 6 heteroatoms. The lowest BCUT2D eigenvalue weighted by atomic mass is 10.0. The van der Waals surface area contributed by atoms with E-state index >= 15 is 0 Å². The van der Waals surface area contributed by atoms with Crippen LogP contribution in [-0.2, 0) is 11.2 Å². The zero-order valence-corrected chi connectivity index (χ0v) is 20.6. The van der Waals surface area contributed by atoms with Crippen LogP contribution in [0.15, 0.2) is 66.7 Å². The van der Waals surface area contributed by atoms with Crippen LogP contribution in [0.25, 0.3) is 11.1 Å². The van der Waals surface area contributed by atoms with E-state index in [2.05, 4.69) is 40.5 Å². The molecule has 1 heterocycles.